The number of rotatable bonds is 8. The summed E-state index contributed by atoms with van der Waals surface area (Å²) < 4.78 is 10.9. The van der Waals surface area contributed by atoms with Gasteiger partial charge in [-0.05, 0) is 18.9 Å². The van der Waals surface area contributed by atoms with Crippen molar-refractivity contribution in [3.63, 3.8) is 0 Å². The van der Waals surface area contributed by atoms with Gasteiger partial charge >= 0.3 is 0 Å². The Balaban J connectivity index is 2.25. The summed E-state index contributed by atoms with van der Waals surface area (Å²) >= 11 is 0. The summed E-state index contributed by atoms with van der Waals surface area (Å²) in [4.78, 5) is 4.32. The smallest absolute Gasteiger partial charge is 0.213 e. The van der Waals surface area contributed by atoms with Crippen LogP contribution in [0.25, 0.3) is 0 Å². The third-order valence-electron chi connectivity index (χ3n) is 2.51. The van der Waals surface area contributed by atoms with Crippen molar-refractivity contribution in [1.29, 1.82) is 0 Å². The molecule has 1 aromatic rings. The average molecular weight is 238 g/mol. The summed E-state index contributed by atoms with van der Waals surface area (Å²) in [5.41, 5.74) is 7.55. The number of ether oxygens (including phenoxy) is 2. The molecule has 0 radical (unpaired) electrons. The van der Waals surface area contributed by atoms with Crippen molar-refractivity contribution in [2.45, 2.75) is 33.2 Å². The molecular weight excluding hydrogens is 216 g/mol. The van der Waals surface area contributed by atoms with Crippen molar-refractivity contribution >= 4 is 0 Å². The molecule has 1 aromatic heterocycles. The summed E-state index contributed by atoms with van der Waals surface area (Å²) in [6.45, 7) is 6.55. The predicted molar refractivity (Wildman–Crippen MR) is 68.1 cm³/mol. The Hall–Kier alpha value is -1.13. The Labute approximate surface area is 103 Å². The maximum Gasteiger partial charge on any atom is 0.213 e. The molecule has 0 saturated carbocycles. The van der Waals surface area contributed by atoms with E-state index in [2.05, 4.69) is 11.9 Å². The molecule has 17 heavy (non-hydrogen) atoms. The van der Waals surface area contributed by atoms with Crippen LogP contribution in [0, 0.1) is 6.92 Å². The van der Waals surface area contributed by atoms with Gasteiger partial charge in [-0.15, -0.1) is 0 Å². The quantitative estimate of drug-likeness (QED) is 0.704. The normalized spacial score (nSPS) is 10.5. The highest BCUT2D eigenvalue weighted by Crippen LogP contribution is 2.11. The van der Waals surface area contributed by atoms with Gasteiger partial charge in [0.25, 0.3) is 0 Å². The van der Waals surface area contributed by atoms with E-state index in [-0.39, 0.29) is 0 Å². The highest BCUT2D eigenvalue weighted by Gasteiger charge is 2.00. The molecule has 0 spiro atoms. The van der Waals surface area contributed by atoms with Crippen LogP contribution in [0.5, 0.6) is 5.88 Å². The first-order valence-electron chi connectivity index (χ1n) is 6.15. The summed E-state index contributed by atoms with van der Waals surface area (Å²) in [5, 5.41) is 0. The summed E-state index contributed by atoms with van der Waals surface area (Å²) in [5.74, 6) is 0.638. The van der Waals surface area contributed by atoms with E-state index in [1.807, 2.05) is 19.1 Å². The van der Waals surface area contributed by atoms with Crippen LogP contribution >= 0.6 is 0 Å². The van der Waals surface area contributed by atoms with Crippen LogP contribution < -0.4 is 10.5 Å². The standard InChI is InChI=1S/C13H22N2O2/c1-3-4-7-16-8-9-17-13-6-5-12(10-14)11(2)15-13/h5-6H,3-4,7-10,14H2,1-2H3. The fourth-order valence-electron chi connectivity index (χ4n) is 1.42. The monoisotopic (exact) mass is 238 g/mol. The summed E-state index contributed by atoms with van der Waals surface area (Å²) in [6.07, 6.45) is 2.25. The molecule has 96 valence electrons. The minimum absolute atomic E-state index is 0.513. The van der Waals surface area contributed by atoms with Crippen LogP contribution in [0.3, 0.4) is 0 Å². The molecule has 0 unspecified atom stereocenters. The van der Waals surface area contributed by atoms with Crippen molar-refractivity contribution in [2.75, 3.05) is 19.8 Å². The molecule has 1 rings (SSSR count). The van der Waals surface area contributed by atoms with Gasteiger partial charge in [0, 0.05) is 24.9 Å². The van der Waals surface area contributed by atoms with Gasteiger partial charge in [0.15, 0.2) is 0 Å². The first kappa shape index (κ1) is 13.9. The third kappa shape index (κ3) is 5.15. The van der Waals surface area contributed by atoms with E-state index in [0.717, 1.165) is 30.7 Å². The van der Waals surface area contributed by atoms with Crippen LogP contribution in [0.1, 0.15) is 31.0 Å². The zero-order valence-electron chi connectivity index (χ0n) is 10.7. The lowest BCUT2D eigenvalue weighted by molar-refractivity contribution is 0.0964. The Morgan fingerprint density at radius 2 is 2.06 bits per heavy atom. The Kier molecular flexibility index (Phi) is 6.58. The van der Waals surface area contributed by atoms with Crippen molar-refractivity contribution in [1.82, 2.24) is 4.98 Å². The maximum atomic E-state index is 5.57. The lowest BCUT2D eigenvalue weighted by Gasteiger charge is -2.08. The van der Waals surface area contributed by atoms with Gasteiger partial charge in [-0.25, -0.2) is 4.98 Å². The number of unbranched alkanes of at least 4 members (excludes halogenated alkanes) is 1. The number of aromatic nitrogens is 1. The predicted octanol–water partition coefficient (Wildman–Crippen LogP) is 2.04. The van der Waals surface area contributed by atoms with E-state index < -0.39 is 0 Å². The summed E-state index contributed by atoms with van der Waals surface area (Å²) in [6, 6.07) is 3.80. The number of nitrogens with zero attached hydrogens (tertiary/aromatic N) is 1. The second kappa shape index (κ2) is 8.03. The number of aryl methyl sites for hydroxylation is 1. The van der Waals surface area contributed by atoms with Crippen LogP contribution in [0.15, 0.2) is 12.1 Å². The van der Waals surface area contributed by atoms with Crippen molar-refractivity contribution in [3.05, 3.63) is 23.4 Å². The van der Waals surface area contributed by atoms with Gasteiger partial charge in [-0.2, -0.15) is 0 Å². The van der Waals surface area contributed by atoms with Gasteiger partial charge in [-0.1, -0.05) is 19.4 Å². The van der Waals surface area contributed by atoms with E-state index in [1.165, 1.54) is 0 Å². The lowest BCUT2D eigenvalue weighted by atomic mass is 10.2. The fourth-order valence-corrected chi connectivity index (χ4v) is 1.42. The van der Waals surface area contributed by atoms with Crippen LogP contribution in [0.4, 0.5) is 0 Å². The topological polar surface area (TPSA) is 57.4 Å². The molecule has 0 bridgehead atoms. The van der Waals surface area contributed by atoms with E-state index in [9.17, 15) is 0 Å². The van der Waals surface area contributed by atoms with Gasteiger partial charge in [0.1, 0.15) is 6.61 Å². The Morgan fingerprint density at radius 3 is 2.71 bits per heavy atom. The van der Waals surface area contributed by atoms with Crippen LogP contribution in [-0.4, -0.2) is 24.8 Å². The lowest BCUT2D eigenvalue weighted by Crippen LogP contribution is -2.09. The Morgan fingerprint density at radius 1 is 1.24 bits per heavy atom. The van der Waals surface area contributed by atoms with E-state index in [1.54, 1.807) is 0 Å². The number of pyridine rings is 1. The SMILES string of the molecule is CCCCOCCOc1ccc(CN)c(C)n1. The van der Waals surface area contributed by atoms with Crippen LogP contribution in [-0.2, 0) is 11.3 Å². The van der Waals surface area contributed by atoms with E-state index in [4.69, 9.17) is 15.2 Å². The van der Waals surface area contributed by atoms with Crippen molar-refractivity contribution in [2.24, 2.45) is 5.73 Å². The van der Waals surface area contributed by atoms with Crippen molar-refractivity contribution in [3.8, 4) is 5.88 Å². The van der Waals surface area contributed by atoms with Crippen molar-refractivity contribution < 1.29 is 9.47 Å². The molecule has 1 heterocycles. The zero-order chi connectivity index (χ0) is 12.5. The van der Waals surface area contributed by atoms with Gasteiger partial charge in [0.2, 0.25) is 5.88 Å². The molecule has 0 aliphatic rings. The molecule has 0 fully saturated rings. The fraction of sp³-hybridized carbons (Fsp3) is 0.615. The minimum atomic E-state index is 0.513. The maximum absolute atomic E-state index is 5.57. The molecule has 0 amide bonds. The number of hydrogen-bond donors (Lipinski definition) is 1. The molecule has 0 aliphatic heterocycles. The molecule has 4 nitrogen and oxygen atoms in total. The second-order valence-electron chi connectivity index (χ2n) is 3.91. The Bertz CT molecular complexity index is 329. The number of nitrogens with two attached hydrogens (primary N) is 1. The average Bonchev–Trinajstić information content (AvgIpc) is 2.34. The first-order chi connectivity index (χ1) is 8.27. The van der Waals surface area contributed by atoms with Gasteiger partial charge < -0.3 is 15.2 Å². The molecule has 0 aliphatic carbocycles. The third-order valence-corrected chi connectivity index (χ3v) is 2.51. The molecular formula is C13H22N2O2. The second-order valence-corrected chi connectivity index (χ2v) is 3.91. The molecule has 0 saturated heterocycles. The van der Waals surface area contributed by atoms with Crippen LogP contribution in [0.2, 0.25) is 0 Å². The molecule has 2 N–H and O–H groups in total. The first-order valence-corrected chi connectivity index (χ1v) is 6.15. The van der Waals surface area contributed by atoms with E-state index in [0.29, 0.717) is 25.6 Å². The minimum Gasteiger partial charge on any atom is -0.475 e. The zero-order valence-corrected chi connectivity index (χ0v) is 10.7. The number of hydrogen-bond acceptors (Lipinski definition) is 4. The highest BCUT2D eigenvalue weighted by molar-refractivity contribution is 5.24. The molecule has 0 aromatic carbocycles. The molecule has 4 heteroatoms. The highest BCUT2D eigenvalue weighted by atomic mass is 16.5. The van der Waals surface area contributed by atoms with Gasteiger partial charge in [-0.3, -0.25) is 0 Å². The summed E-state index contributed by atoms with van der Waals surface area (Å²) in [7, 11) is 0. The van der Waals surface area contributed by atoms with Gasteiger partial charge in [0.05, 0.1) is 6.61 Å². The molecule has 0 atom stereocenters. The van der Waals surface area contributed by atoms with E-state index >= 15 is 0 Å². The largest absolute Gasteiger partial charge is 0.475 e.